The second-order valence-electron chi connectivity index (χ2n) is 10.6. The summed E-state index contributed by atoms with van der Waals surface area (Å²) in [6.07, 6.45) is 0.388. The molecule has 0 radical (unpaired) electrons. The van der Waals surface area contributed by atoms with Crippen molar-refractivity contribution in [2.45, 2.75) is 66.1 Å². The Kier molecular flexibility index (Phi) is 9.39. The molecule has 2 amide bonds. The van der Waals surface area contributed by atoms with Crippen LogP contribution >= 0.6 is 11.6 Å². The zero-order valence-corrected chi connectivity index (χ0v) is 23.4. The van der Waals surface area contributed by atoms with Crippen LogP contribution in [0.1, 0.15) is 48.6 Å². The summed E-state index contributed by atoms with van der Waals surface area (Å²) in [5.41, 5.74) is 4.33. The fraction of sp³-hybridized carbons (Fsp3) is 0.355. The van der Waals surface area contributed by atoms with Gasteiger partial charge in [0.2, 0.25) is 5.91 Å². The summed E-state index contributed by atoms with van der Waals surface area (Å²) in [6, 6.07) is 20.6. The second-order valence-corrected chi connectivity index (χ2v) is 10.9. The molecule has 0 bridgehead atoms. The number of benzene rings is 3. The molecule has 0 aliphatic heterocycles. The van der Waals surface area contributed by atoms with Crippen LogP contribution in [-0.2, 0) is 22.6 Å². The third kappa shape index (κ3) is 8.09. The van der Waals surface area contributed by atoms with E-state index in [0.29, 0.717) is 23.7 Å². The third-order valence-electron chi connectivity index (χ3n) is 6.14. The second kappa shape index (κ2) is 12.3. The van der Waals surface area contributed by atoms with Crippen LogP contribution in [0.4, 0.5) is 0 Å². The van der Waals surface area contributed by atoms with Gasteiger partial charge in [-0.05, 0) is 81.5 Å². The highest BCUT2D eigenvalue weighted by Gasteiger charge is 2.32. The summed E-state index contributed by atoms with van der Waals surface area (Å²) >= 11 is 6.30. The van der Waals surface area contributed by atoms with Crippen molar-refractivity contribution in [3.8, 4) is 5.75 Å². The first kappa shape index (κ1) is 28.3. The number of amides is 2. The maximum atomic E-state index is 13.8. The summed E-state index contributed by atoms with van der Waals surface area (Å²) < 4.78 is 5.93. The Morgan fingerprint density at radius 2 is 1.51 bits per heavy atom. The van der Waals surface area contributed by atoms with Gasteiger partial charge in [-0.2, -0.15) is 0 Å². The summed E-state index contributed by atoms with van der Waals surface area (Å²) in [4.78, 5) is 29.0. The number of nitrogens with one attached hydrogen (secondary N) is 1. The Morgan fingerprint density at radius 3 is 2.11 bits per heavy atom. The van der Waals surface area contributed by atoms with E-state index in [4.69, 9.17) is 16.3 Å². The number of carbonyl (C=O) groups is 2. The summed E-state index contributed by atoms with van der Waals surface area (Å²) in [5, 5.41) is 3.76. The van der Waals surface area contributed by atoms with Gasteiger partial charge in [0.1, 0.15) is 11.8 Å². The molecule has 0 aliphatic carbocycles. The molecule has 196 valence electrons. The van der Waals surface area contributed by atoms with Crippen molar-refractivity contribution in [1.29, 1.82) is 0 Å². The lowest BCUT2D eigenvalue weighted by Gasteiger charge is -2.34. The molecule has 6 heteroatoms. The van der Waals surface area contributed by atoms with Gasteiger partial charge >= 0.3 is 0 Å². The Balaban J connectivity index is 1.95. The first-order valence-electron chi connectivity index (χ1n) is 12.5. The summed E-state index contributed by atoms with van der Waals surface area (Å²) in [5.74, 6) is 0.109. The monoisotopic (exact) mass is 520 g/mol. The number of carbonyl (C=O) groups excluding carboxylic acids is 2. The predicted molar refractivity (Wildman–Crippen MR) is 150 cm³/mol. The van der Waals surface area contributed by atoms with Crippen LogP contribution in [0.15, 0.2) is 66.7 Å². The van der Waals surface area contributed by atoms with Crippen molar-refractivity contribution in [1.82, 2.24) is 10.2 Å². The van der Waals surface area contributed by atoms with E-state index in [1.807, 2.05) is 108 Å². The number of halogens is 1. The topological polar surface area (TPSA) is 58.6 Å². The minimum Gasteiger partial charge on any atom is -0.484 e. The zero-order valence-electron chi connectivity index (χ0n) is 22.6. The first-order valence-corrected chi connectivity index (χ1v) is 12.9. The van der Waals surface area contributed by atoms with Crippen molar-refractivity contribution in [3.63, 3.8) is 0 Å². The number of hydrogen-bond acceptors (Lipinski definition) is 3. The van der Waals surface area contributed by atoms with E-state index < -0.39 is 11.6 Å². The molecule has 1 atom stereocenters. The van der Waals surface area contributed by atoms with Gasteiger partial charge in [0.15, 0.2) is 6.61 Å². The van der Waals surface area contributed by atoms with Crippen molar-refractivity contribution < 1.29 is 14.3 Å². The molecule has 1 N–H and O–H groups in total. The van der Waals surface area contributed by atoms with Crippen LogP contribution in [-0.4, -0.2) is 34.9 Å². The molecule has 5 nitrogen and oxygen atoms in total. The van der Waals surface area contributed by atoms with Crippen LogP contribution in [0, 0.1) is 20.8 Å². The zero-order chi connectivity index (χ0) is 27.2. The largest absolute Gasteiger partial charge is 0.484 e. The standard InChI is InChI=1S/C31H37ClN2O3/c1-21-12-10-11-15-25(21)19-34(28(35)20-37-26-16-22(2)29(32)23(3)17-26)27(30(36)33-31(4,5)6)18-24-13-8-7-9-14-24/h7-17,27H,18-20H2,1-6H3,(H,33,36)/t27-/m0/s1. The summed E-state index contributed by atoms with van der Waals surface area (Å²) in [7, 11) is 0. The van der Waals surface area contributed by atoms with Crippen molar-refractivity contribution in [3.05, 3.63) is 99.6 Å². The normalized spacial score (nSPS) is 12.1. The molecule has 0 saturated heterocycles. The molecule has 0 unspecified atom stereocenters. The Morgan fingerprint density at radius 1 is 0.919 bits per heavy atom. The molecular weight excluding hydrogens is 484 g/mol. The fourth-order valence-corrected chi connectivity index (χ4v) is 4.30. The molecule has 0 fully saturated rings. The molecule has 0 aromatic heterocycles. The number of rotatable bonds is 9. The van der Waals surface area contributed by atoms with E-state index in [-0.39, 0.29) is 18.4 Å². The molecule has 3 rings (SSSR count). The van der Waals surface area contributed by atoms with Crippen molar-refractivity contribution in [2.24, 2.45) is 0 Å². The lowest BCUT2D eigenvalue weighted by atomic mass is 10.00. The van der Waals surface area contributed by atoms with Crippen LogP contribution in [0.3, 0.4) is 0 Å². The van der Waals surface area contributed by atoms with Crippen molar-refractivity contribution in [2.75, 3.05) is 6.61 Å². The molecular formula is C31H37ClN2O3. The summed E-state index contributed by atoms with van der Waals surface area (Å²) in [6.45, 7) is 11.7. The number of hydrogen-bond donors (Lipinski definition) is 1. The number of nitrogens with zero attached hydrogens (tertiary/aromatic N) is 1. The average molecular weight is 521 g/mol. The molecule has 0 spiro atoms. The van der Waals surface area contributed by atoms with Crippen LogP contribution in [0.2, 0.25) is 5.02 Å². The highest BCUT2D eigenvalue weighted by molar-refractivity contribution is 6.32. The van der Waals surface area contributed by atoms with Gasteiger partial charge in [-0.25, -0.2) is 0 Å². The highest BCUT2D eigenvalue weighted by Crippen LogP contribution is 2.26. The van der Waals surface area contributed by atoms with Gasteiger partial charge in [-0.1, -0.05) is 66.2 Å². The van der Waals surface area contributed by atoms with Gasteiger partial charge in [0, 0.05) is 23.5 Å². The van der Waals surface area contributed by atoms with Gasteiger partial charge in [0.25, 0.3) is 5.91 Å². The van der Waals surface area contributed by atoms with E-state index in [0.717, 1.165) is 27.8 Å². The molecule has 3 aromatic rings. The van der Waals surface area contributed by atoms with E-state index in [1.165, 1.54) is 0 Å². The lowest BCUT2D eigenvalue weighted by Crippen LogP contribution is -2.55. The van der Waals surface area contributed by atoms with E-state index in [1.54, 1.807) is 4.90 Å². The minimum atomic E-state index is -0.717. The van der Waals surface area contributed by atoms with Crippen molar-refractivity contribution >= 4 is 23.4 Å². The highest BCUT2D eigenvalue weighted by atomic mass is 35.5. The Labute approximate surface area is 225 Å². The maximum absolute atomic E-state index is 13.8. The molecule has 0 heterocycles. The fourth-order valence-electron chi connectivity index (χ4n) is 4.20. The molecule has 0 aliphatic rings. The molecule has 3 aromatic carbocycles. The SMILES string of the molecule is Cc1ccccc1CN(C(=O)COc1cc(C)c(Cl)c(C)c1)[C@@H](Cc1ccccc1)C(=O)NC(C)(C)C. The number of aryl methyl sites for hydroxylation is 3. The quantitative estimate of drug-likeness (QED) is 0.365. The number of ether oxygens (including phenoxy) is 1. The van der Waals surface area contributed by atoms with E-state index >= 15 is 0 Å². The van der Waals surface area contributed by atoms with Gasteiger partial charge in [0.05, 0.1) is 0 Å². The lowest BCUT2D eigenvalue weighted by molar-refractivity contribution is -0.143. The maximum Gasteiger partial charge on any atom is 0.261 e. The van der Waals surface area contributed by atoms with Gasteiger partial charge in [-0.15, -0.1) is 0 Å². The Bertz CT molecular complexity index is 1210. The first-order chi connectivity index (χ1) is 17.4. The minimum absolute atomic E-state index is 0.194. The Hall–Kier alpha value is -3.31. The average Bonchev–Trinajstić information content (AvgIpc) is 2.83. The van der Waals surface area contributed by atoms with Crippen LogP contribution < -0.4 is 10.1 Å². The van der Waals surface area contributed by atoms with E-state index in [9.17, 15) is 9.59 Å². The van der Waals surface area contributed by atoms with Gasteiger partial charge in [-0.3, -0.25) is 9.59 Å². The van der Waals surface area contributed by atoms with Gasteiger partial charge < -0.3 is 15.0 Å². The molecule has 0 saturated carbocycles. The van der Waals surface area contributed by atoms with E-state index in [2.05, 4.69) is 5.32 Å². The molecule has 37 heavy (non-hydrogen) atoms. The predicted octanol–water partition coefficient (Wildman–Crippen LogP) is 6.20. The smallest absolute Gasteiger partial charge is 0.261 e. The van der Waals surface area contributed by atoms with Crippen LogP contribution in [0.5, 0.6) is 5.75 Å². The third-order valence-corrected chi connectivity index (χ3v) is 6.74. The van der Waals surface area contributed by atoms with Crippen LogP contribution in [0.25, 0.3) is 0 Å².